The number of halogens is 1. The molecule has 136 valence electrons. The molecule has 0 radical (unpaired) electrons. The molecule has 0 fully saturated rings. The van der Waals surface area contributed by atoms with Crippen molar-refractivity contribution in [3.63, 3.8) is 0 Å². The minimum atomic E-state index is -0.422. The van der Waals surface area contributed by atoms with Gasteiger partial charge in [0.15, 0.2) is 0 Å². The van der Waals surface area contributed by atoms with Crippen molar-refractivity contribution in [2.75, 3.05) is 25.5 Å². The van der Waals surface area contributed by atoms with Crippen molar-refractivity contribution in [3.05, 3.63) is 40.4 Å². The quantitative estimate of drug-likeness (QED) is 0.541. The van der Waals surface area contributed by atoms with Crippen molar-refractivity contribution in [2.24, 2.45) is 0 Å². The van der Waals surface area contributed by atoms with E-state index in [-0.39, 0.29) is 5.91 Å². The molecule has 6 heteroatoms. The van der Waals surface area contributed by atoms with Crippen LogP contribution in [-0.4, -0.2) is 32.1 Å². The molecular weight excluding hydrogens is 340 g/mol. The van der Waals surface area contributed by atoms with Gasteiger partial charge in [0.2, 0.25) is 5.91 Å². The summed E-state index contributed by atoms with van der Waals surface area (Å²) in [5.74, 6) is -0.418. The highest BCUT2D eigenvalue weighted by Crippen LogP contribution is 2.23. The van der Waals surface area contributed by atoms with Crippen LogP contribution in [0.3, 0.4) is 0 Å². The van der Waals surface area contributed by atoms with Crippen LogP contribution in [0, 0.1) is 0 Å². The molecule has 1 aromatic rings. The fourth-order valence-electron chi connectivity index (χ4n) is 2.80. The third-order valence-electron chi connectivity index (χ3n) is 4.21. The fourth-order valence-corrected chi connectivity index (χ4v) is 2.98. The van der Waals surface area contributed by atoms with Crippen LogP contribution in [-0.2, 0) is 9.53 Å². The van der Waals surface area contributed by atoms with Gasteiger partial charge in [-0.15, -0.1) is 0 Å². The van der Waals surface area contributed by atoms with Gasteiger partial charge in [0.1, 0.15) is 0 Å². The summed E-state index contributed by atoms with van der Waals surface area (Å²) in [6.07, 6.45) is 8.44. The van der Waals surface area contributed by atoms with Gasteiger partial charge in [0, 0.05) is 19.5 Å². The fraction of sp³-hybridized carbons (Fsp3) is 0.474. The molecule has 2 N–H and O–H groups in total. The Kier molecular flexibility index (Phi) is 7.79. The smallest absolute Gasteiger partial charge is 0.337 e. The van der Waals surface area contributed by atoms with Crippen molar-refractivity contribution in [1.82, 2.24) is 5.32 Å². The van der Waals surface area contributed by atoms with Crippen LogP contribution in [0.1, 0.15) is 48.9 Å². The minimum absolute atomic E-state index is 0.00385. The molecule has 0 bridgehead atoms. The number of methoxy groups -OCH3 is 1. The topological polar surface area (TPSA) is 67.4 Å². The number of benzene rings is 1. The zero-order chi connectivity index (χ0) is 18.1. The maximum Gasteiger partial charge on any atom is 0.337 e. The van der Waals surface area contributed by atoms with Crippen LogP contribution in [0.4, 0.5) is 5.69 Å². The molecule has 0 saturated carbocycles. The SMILES string of the molecule is COC(=O)c1ccc(Cl)c(NCCC(=O)NCCC2=CCCCC2)c1. The van der Waals surface area contributed by atoms with E-state index in [1.165, 1.54) is 31.9 Å². The number of hydrogen-bond acceptors (Lipinski definition) is 4. The van der Waals surface area contributed by atoms with Gasteiger partial charge >= 0.3 is 5.97 Å². The van der Waals surface area contributed by atoms with Crippen LogP contribution in [0.2, 0.25) is 5.02 Å². The monoisotopic (exact) mass is 364 g/mol. The maximum absolute atomic E-state index is 11.9. The highest BCUT2D eigenvalue weighted by Gasteiger charge is 2.09. The van der Waals surface area contributed by atoms with Crippen LogP contribution < -0.4 is 10.6 Å². The second-order valence-electron chi connectivity index (χ2n) is 6.07. The van der Waals surface area contributed by atoms with Crippen molar-refractivity contribution in [1.29, 1.82) is 0 Å². The van der Waals surface area contributed by atoms with Gasteiger partial charge in [-0.05, 0) is 50.3 Å². The lowest BCUT2D eigenvalue weighted by molar-refractivity contribution is -0.120. The molecule has 0 aromatic heterocycles. The van der Waals surface area contributed by atoms with E-state index in [9.17, 15) is 9.59 Å². The van der Waals surface area contributed by atoms with E-state index in [0.29, 0.717) is 35.8 Å². The average molecular weight is 365 g/mol. The van der Waals surface area contributed by atoms with Crippen molar-refractivity contribution < 1.29 is 14.3 Å². The van der Waals surface area contributed by atoms with Crippen molar-refractivity contribution >= 4 is 29.2 Å². The van der Waals surface area contributed by atoms with Gasteiger partial charge in [-0.3, -0.25) is 4.79 Å². The molecule has 0 atom stereocenters. The first kappa shape index (κ1) is 19.3. The number of allylic oxidation sites excluding steroid dienone is 1. The third-order valence-corrected chi connectivity index (χ3v) is 4.54. The maximum atomic E-state index is 11.9. The van der Waals surface area contributed by atoms with Crippen LogP contribution in [0.15, 0.2) is 29.8 Å². The molecule has 1 aliphatic rings. The summed E-state index contributed by atoms with van der Waals surface area (Å²) in [6.45, 7) is 1.13. The first-order valence-corrected chi connectivity index (χ1v) is 9.04. The Morgan fingerprint density at radius 2 is 2.08 bits per heavy atom. The Bertz CT molecular complexity index is 644. The normalized spacial score (nSPS) is 13.8. The number of amides is 1. The standard InChI is InChI=1S/C19H25ClN2O3/c1-25-19(24)15-7-8-16(20)17(13-15)21-12-10-18(23)22-11-9-14-5-3-2-4-6-14/h5,7-8,13,21H,2-4,6,9-12H2,1H3,(H,22,23). The molecule has 0 saturated heterocycles. The number of nitrogens with one attached hydrogen (secondary N) is 2. The Hall–Kier alpha value is -2.01. The Morgan fingerprint density at radius 3 is 2.80 bits per heavy atom. The molecule has 0 heterocycles. The Labute approximate surface area is 153 Å². The Balaban J connectivity index is 1.71. The number of carbonyl (C=O) groups excluding carboxylic acids is 2. The van der Waals surface area contributed by atoms with E-state index in [4.69, 9.17) is 11.6 Å². The lowest BCUT2D eigenvalue weighted by Crippen LogP contribution is -2.26. The number of esters is 1. The summed E-state index contributed by atoms with van der Waals surface area (Å²) in [7, 11) is 1.33. The largest absolute Gasteiger partial charge is 0.465 e. The zero-order valence-electron chi connectivity index (χ0n) is 14.6. The summed E-state index contributed by atoms with van der Waals surface area (Å²) >= 11 is 6.11. The molecule has 0 spiro atoms. The second kappa shape index (κ2) is 10.1. The first-order valence-electron chi connectivity index (χ1n) is 8.66. The van der Waals surface area contributed by atoms with Gasteiger partial charge < -0.3 is 15.4 Å². The van der Waals surface area contributed by atoms with Crippen molar-refractivity contribution in [3.8, 4) is 0 Å². The molecule has 2 rings (SSSR count). The van der Waals surface area contributed by atoms with E-state index in [1.54, 1.807) is 18.2 Å². The van der Waals surface area contributed by atoms with E-state index in [1.807, 2.05) is 0 Å². The highest BCUT2D eigenvalue weighted by atomic mass is 35.5. The van der Waals surface area contributed by atoms with Gasteiger partial charge in [-0.1, -0.05) is 23.3 Å². The van der Waals surface area contributed by atoms with E-state index < -0.39 is 5.97 Å². The zero-order valence-corrected chi connectivity index (χ0v) is 15.3. The number of anilines is 1. The van der Waals surface area contributed by atoms with Gasteiger partial charge in [0.25, 0.3) is 0 Å². The summed E-state index contributed by atoms with van der Waals surface area (Å²) in [5.41, 5.74) is 2.49. The molecule has 0 unspecified atom stereocenters. The van der Waals surface area contributed by atoms with Gasteiger partial charge in [-0.2, -0.15) is 0 Å². The first-order chi connectivity index (χ1) is 12.1. The molecule has 0 aliphatic heterocycles. The van der Waals surface area contributed by atoms with E-state index >= 15 is 0 Å². The predicted octanol–water partition coefficient (Wildman–Crippen LogP) is 3.94. The number of ether oxygens (including phenoxy) is 1. The summed E-state index contributed by atoms with van der Waals surface area (Å²) in [4.78, 5) is 23.4. The van der Waals surface area contributed by atoms with Crippen LogP contribution >= 0.6 is 11.6 Å². The number of rotatable bonds is 8. The predicted molar refractivity (Wildman–Crippen MR) is 100 cm³/mol. The molecule has 1 aliphatic carbocycles. The van der Waals surface area contributed by atoms with E-state index in [0.717, 1.165) is 12.8 Å². The molecule has 1 aromatic carbocycles. The number of carbonyl (C=O) groups is 2. The van der Waals surface area contributed by atoms with E-state index in [2.05, 4.69) is 21.4 Å². The lowest BCUT2D eigenvalue weighted by Gasteiger charge is -2.13. The summed E-state index contributed by atoms with van der Waals surface area (Å²) in [5, 5.41) is 6.53. The highest BCUT2D eigenvalue weighted by molar-refractivity contribution is 6.33. The lowest BCUT2D eigenvalue weighted by atomic mass is 9.97. The number of hydrogen-bond donors (Lipinski definition) is 2. The summed E-state index contributed by atoms with van der Waals surface area (Å²) < 4.78 is 4.69. The molecule has 5 nitrogen and oxygen atoms in total. The minimum Gasteiger partial charge on any atom is -0.465 e. The van der Waals surface area contributed by atoms with Gasteiger partial charge in [-0.25, -0.2) is 4.79 Å². The molecule has 25 heavy (non-hydrogen) atoms. The summed E-state index contributed by atoms with van der Waals surface area (Å²) in [6, 6.07) is 4.86. The second-order valence-corrected chi connectivity index (χ2v) is 6.48. The Morgan fingerprint density at radius 1 is 1.24 bits per heavy atom. The van der Waals surface area contributed by atoms with Crippen molar-refractivity contribution in [2.45, 2.75) is 38.5 Å². The third kappa shape index (κ3) is 6.42. The average Bonchev–Trinajstić information content (AvgIpc) is 2.63. The molecular formula is C19H25ClN2O3. The van der Waals surface area contributed by atoms with Crippen LogP contribution in [0.5, 0.6) is 0 Å². The van der Waals surface area contributed by atoms with Crippen LogP contribution in [0.25, 0.3) is 0 Å². The van der Waals surface area contributed by atoms with Gasteiger partial charge in [0.05, 0.1) is 23.4 Å². The molecule has 1 amide bonds.